The van der Waals surface area contributed by atoms with Gasteiger partial charge in [-0.25, -0.2) is 4.98 Å². The highest BCUT2D eigenvalue weighted by Gasteiger charge is 2.09. The van der Waals surface area contributed by atoms with E-state index in [1.165, 1.54) is 11.6 Å². The molecule has 0 bridgehead atoms. The van der Waals surface area contributed by atoms with Crippen LogP contribution in [0.25, 0.3) is 10.2 Å². The van der Waals surface area contributed by atoms with Gasteiger partial charge in [-0.1, -0.05) is 35.6 Å². The fraction of sp³-hybridized carbons (Fsp3) is 0.176. The van der Waals surface area contributed by atoms with Crippen LogP contribution in [0.15, 0.2) is 48.5 Å². The molecule has 4 nitrogen and oxygen atoms in total. The first-order valence-corrected chi connectivity index (χ1v) is 7.93. The number of aromatic nitrogens is 1. The molecule has 0 fully saturated rings. The molecule has 3 rings (SSSR count). The van der Waals surface area contributed by atoms with Gasteiger partial charge >= 0.3 is 0 Å². The molecule has 0 unspecified atom stereocenters. The van der Waals surface area contributed by atoms with E-state index in [0.717, 1.165) is 21.9 Å². The molecule has 0 spiro atoms. The van der Waals surface area contributed by atoms with Crippen molar-refractivity contribution in [2.24, 2.45) is 0 Å². The van der Waals surface area contributed by atoms with Crippen LogP contribution in [-0.2, 0) is 4.79 Å². The molecule has 1 amide bonds. The summed E-state index contributed by atoms with van der Waals surface area (Å²) in [5.41, 5.74) is 2.92. The molecule has 0 radical (unpaired) electrons. The number of anilines is 2. The number of benzene rings is 2. The van der Waals surface area contributed by atoms with Gasteiger partial charge in [0, 0.05) is 12.6 Å². The molecule has 2 N–H and O–H groups in total. The molecule has 0 aliphatic carbocycles. The SMILES string of the molecule is CC(=O)Nc1cccc([C@H](C)Nc2nc3ccccc3s2)c1. The molecule has 0 aliphatic rings. The van der Waals surface area contributed by atoms with Crippen LogP contribution < -0.4 is 10.6 Å². The summed E-state index contributed by atoms with van der Waals surface area (Å²) in [7, 11) is 0. The molecule has 0 saturated carbocycles. The third kappa shape index (κ3) is 3.26. The Bertz CT molecular complexity index is 779. The molecular weight excluding hydrogens is 294 g/mol. The Labute approximate surface area is 133 Å². The van der Waals surface area contributed by atoms with Crippen LogP contribution in [0.4, 0.5) is 10.8 Å². The smallest absolute Gasteiger partial charge is 0.221 e. The largest absolute Gasteiger partial charge is 0.355 e. The molecular formula is C17H17N3OS. The zero-order valence-electron chi connectivity index (χ0n) is 12.5. The van der Waals surface area contributed by atoms with Crippen molar-refractivity contribution in [3.63, 3.8) is 0 Å². The summed E-state index contributed by atoms with van der Waals surface area (Å²) in [6.07, 6.45) is 0. The van der Waals surface area contributed by atoms with Crippen molar-refractivity contribution in [2.75, 3.05) is 10.6 Å². The minimum Gasteiger partial charge on any atom is -0.355 e. The van der Waals surface area contributed by atoms with Gasteiger partial charge in [0.2, 0.25) is 5.91 Å². The Morgan fingerprint density at radius 3 is 2.77 bits per heavy atom. The van der Waals surface area contributed by atoms with Crippen molar-refractivity contribution in [3.05, 3.63) is 54.1 Å². The van der Waals surface area contributed by atoms with E-state index in [9.17, 15) is 4.79 Å². The number of amides is 1. The quantitative estimate of drug-likeness (QED) is 0.749. The van der Waals surface area contributed by atoms with Crippen molar-refractivity contribution >= 4 is 38.3 Å². The van der Waals surface area contributed by atoms with Crippen LogP contribution in [0.1, 0.15) is 25.5 Å². The lowest BCUT2D eigenvalue weighted by molar-refractivity contribution is -0.114. The van der Waals surface area contributed by atoms with Crippen LogP contribution in [-0.4, -0.2) is 10.9 Å². The minimum absolute atomic E-state index is 0.0658. The van der Waals surface area contributed by atoms with Crippen LogP contribution >= 0.6 is 11.3 Å². The van der Waals surface area contributed by atoms with Gasteiger partial charge < -0.3 is 10.6 Å². The minimum atomic E-state index is -0.0658. The second-order valence-corrected chi connectivity index (χ2v) is 6.19. The Kier molecular flexibility index (Phi) is 4.06. The van der Waals surface area contributed by atoms with E-state index in [2.05, 4.69) is 28.6 Å². The number of nitrogens with zero attached hydrogens (tertiary/aromatic N) is 1. The Hall–Kier alpha value is -2.40. The fourth-order valence-corrected chi connectivity index (χ4v) is 3.24. The third-order valence-electron chi connectivity index (χ3n) is 3.34. The van der Waals surface area contributed by atoms with E-state index in [1.54, 1.807) is 11.3 Å². The van der Waals surface area contributed by atoms with Crippen molar-refractivity contribution < 1.29 is 4.79 Å². The number of rotatable bonds is 4. The lowest BCUT2D eigenvalue weighted by Gasteiger charge is -2.14. The second kappa shape index (κ2) is 6.15. The monoisotopic (exact) mass is 311 g/mol. The normalized spacial score (nSPS) is 12.1. The average Bonchev–Trinajstić information content (AvgIpc) is 2.89. The first-order chi connectivity index (χ1) is 10.6. The summed E-state index contributed by atoms with van der Waals surface area (Å²) >= 11 is 1.64. The molecule has 22 heavy (non-hydrogen) atoms. The van der Waals surface area contributed by atoms with Gasteiger partial charge in [0.1, 0.15) is 0 Å². The highest BCUT2D eigenvalue weighted by Crippen LogP contribution is 2.29. The van der Waals surface area contributed by atoms with Crippen LogP contribution in [0.2, 0.25) is 0 Å². The van der Waals surface area contributed by atoms with Gasteiger partial charge in [0.15, 0.2) is 5.13 Å². The molecule has 1 atom stereocenters. The van der Waals surface area contributed by atoms with E-state index in [0.29, 0.717) is 0 Å². The summed E-state index contributed by atoms with van der Waals surface area (Å²) in [4.78, 5) is 15.7. The predicted molar refractivity (Wildman–Crippen MR) is 92.4 cm³/mol. The summed E-state index contributed by atoms with van der Waals surface area (Å²) in [6, 6.07) is 16.0. The Morgan fingerprint density at radius 2 is 2.00 bits per heavy atom. The first kappa shape index (κ1) is 14.5. The highest BCUT2D eigenvalue weighted by molar-refractivity contribution is 7.22. The maximum Gasteiger partial charge on any atom is 0.221 e. The Morgan fingerprint density at radius 1 is 1.18 bits per heavy atom. The number of nitrogens with one attached hydrogen (secondary N) is 2. The third-order valence-corrected chi connectivity index (χ3v) is 4.31. The Balaban J connectivity index is 1.78. The predicted octanol–water partition coefficient (Wildman–Crippen LogP) is 4.43. The maximum atomic E-state index is 11.1. The van der Waals surface area contributed by atoms with E-state index >= 15 is 0 Å². The molecule has 2 aromatic carbocycles. The highest BCUT2D eigenvalue weighted by atomic mass is 32.1. The van der Waals surface area contributed by atoms with E-state index in [-0.39, 0.29) is 11.9 Å². The number of hydrogen-bond donors (Lipinski definition) is 2. The zero-order chi connectivity index (χ0) is 15.5. The molecule has 3 aromatic rings. The molecule has 5 heteroatoms. The fourth-order valence-electron chi connectivity index (χ4n) is 2.29. The van der Waals surface area contributed by atoms with Crippen LogP contribution in [0, 0.1) is 0 Å². The van der Waals surface area contributed by atoms with E-state index in [4.69, 9.17) is 0 Å². The van der Waals surface area contributed by atoms with Crippen molar-refractivity contribution in [3.8, 4) is 0 Å². The van der Waals surface area contributed by atoms with Gasteiger partial charge in [-0.3, -0.25) is 4.79 Å². The zero-order valence-corrected chi connectivity index (χ0v) is 13.3. The van der Waals surface area contributed by atoms with Gasteiger partial charge in [-0.15, -0.1) is 0 Å². The maximum absolute atomic E-state index is 11.1. The molecule has 0 aliphatic heterocycles. The number of carbonyl (C=O) groups excluding carboxylic acids is 1. The van der Waals surface area contributed by atoms with Crippen molar-refractivity contribution in [2.45, 2.75) is 19.9 Å². The van der Waals surface area contributed by atoms with E-state index < -0.39 is 0 Å². The molecule has 0 saturated heterocycles. The van der Waals surface area contributed by atoms with Crippen LogP contribution in [0.3, 0.4) is 0 Å². The van der Waals surface area contributed by atoms with Gasteiger partial charge in [-0.2, -0.15) is 0 Å². The van der Waals surface area contributed by atoms with Crippen molar-refractivity contribution in [1.29, 1.82) is 0 Å². The number of thiazole rings is 1. The summed E-state index contributed by atoms with van der Waals surface area (Å²) < 4.78 is 1.17. The number of para-hydroxylation sites is 1. The topological polar surface area (TPSA) is 54.0 Å². The molecule has 1 heterocycles. The summed E-state index contributed by atoms with van der Waals surface area (Å²) in [6.45, 7) is 3.59. The van der Waals surface area contributed by atoms with Gasteiger partial charge in [-0.05, 0) is 36.8 Å². The van der Waals surface area contributed by atoms with Gasteiger partial charge in [0.05, 0.1) is 16.3 Å². The lowest BCUT2D eigenvalue weighted by Crippen LogP contribution is -2.09. The first-order valence-electron chi connectivity index (χ1n) is 7.11. The second-order valence-electron chi connectivity index (χ2n) is 5.16. The lowest BCUT2D eigenvalue weighted by atomic mass is 10.1. The number of hydrogen-bond acceptors (Lipinski definition) is 4. The standard InChI is InChI=1S/C17H17N3OS/c1-11(13-6-5-7-14(10-13)19-12(2)21)18-17-20-15-8-3-4-9-16(15)22-17/h3-11H,1-2H3,(H,18,20)(H,19,21)/t11-/m0/s1. The number of fused-ring (bicyclic) bond motifs is 1. The summed E-state index contributed by atoms with van der Waals surface area (Å²) in [5, 5.41) is 7.13. The van der Waals surface area contributed by atoms with Gasteiger partial charge in [0.25, 0.3) is 0 Å². The van der Waals surface area contributed by atoms with Crippen LogP contribution in [0.5, 0.6) is 0 Å². The summed E-state index contributed by atoms with van der Waals surface area (Å²) in [5.74, 6) is -0.0658. The van der Waals surface area contributed by atoms with Crippen molar-refractivity contribution in [1.82, 2.24) is 4.98 Å². The molecule has 112 valence electrons. The van der Waals surface area contributed by atoms with E-state index in [1.807, 2.05) is 42.5 Å². The molecule has 1 aromatic heterocycles. The average molecular weight is 311 g/mol. The number of carbonyl (C=O) groups is 1.